The van der Waals surface area contributed by atoms with Crippen molar-refractivity contribution in [2.45, 2.75) is 18.4 Å². The largest absolute Gasteiger partial charge is 0.507 e. The van der Waals surface area contributed by atoms with Crippen LogP contribution in [0.2, 0.25) is 0 Å². The molecule has 0 amide bonds. The van der Waals surface area contributed by atoms with Gasteiger partial charge < -0.3 is 10.2 Å². The van der Waals surface area contributed by atoms with Gasteiger partial charge in [0.25, 0.3) is 0 Å². The molecule has 1 fully saturated rings. The average molecular weight is 247 g/mol. The lowest BCUT2D eigenvalue weighted by atomic mass is 10.1. The number of aromatic hydroxyl groups is 1. The molecule has 1 aliphatic rings. The summed E-state index contributed by atoms with van der Waals surface area (Å²) in [6, 6.07) is 2.79. The van der Waals surface area contributed by atoms with Crippen LogP contribution in [-0.2, 0) is 5.60 Å². The summed E-state index contributed by atoms with van der Waals surface area (Å²) in [7, 11) is 0. The van der Waals surface area contributed by atoms with Crippen molar-refractivity contribution in [1.82, 2.24) is 0 Å². The molecule has 70 valence electrons. The first kappa shape index (κ1) is 8.97. The Hall–Kier alpha value is -0.610. The lowest BCUT2D eigenvalue weighted by Gasteiger charge is -2.12. The first-order valence-electron chi connectivity index (χ1n) is 3.94. The fourth-order valence-electron chi connectivity index (χ4n) is 1.35. The Kier molecular flexibility index (Phi) is 1.85. The summed E-state index contributed by atoms with van der Waals surface area (Å²) in [5, 5.41) is 19.0. The van der Waals surface area contributed by atoms with E-state index in [9.17, 15) is 14.6 Å². The van der Waals surface area contributed by atoms with Crippen LogP contribution in [0, 0.1) is 5.82 Å². The molecule has 0 aliphatic heterocycles. The molecule has 2 nitrogen and oxygen atoms in total. The van der Waals surface area contributed by atoms with Gasteiger partial charge in [-0.25, -0.2) is 4.39 Å². The Bertz CT molecular complexity index is 361. The molecule has 0 heterocycles. The van der Waals surface area contributed by atoms with Crippen LogP contribution in [0.15, 0.2) is 16.6 Å². The summed E-state index contributed by atoms with van der Waals surface area (Å²) in [5.74, 6) is -0.749. The van der Waals surface area contributed by atoms with E-state index in [0.717, 1.165) is 0 Å². The van der Waals surface area contributed by atoms with Crippen LogP contribution in [-0.4, -0.2) is 10.2 Å². The van der Waals surface area contributed by atoms with Gasteiger partial charge in [0, 0.05) is 0 Å². The van der Waals surface area contributed by atoms with Gasteiger partial charge in [-0.15, -0.1) is 0 Å². The van der Waals surface area contributed by atoms with E-state index in [4.69, 9.17) is 0 Å². The van der Waals surface area contributed by atoms with Gasteiger partial charge in [-0.05, 0) is 40.9 Å². The SMILES string of the molecule is Oc1ccc(Br)c(F)c1C1(O)CC1. The molecule has 0 atom stereocenters. The number of benzene rings is 1. The molecule has 1 aliphatic carbocycles. The Balaban J connectivity index is 2.61. The molecule has 2 N–H and O–H groups in total. The van der Waals surface area contributed by atoms with Crippen molar-refractivity contribution in [2.24, 2.45) is 0 Å². The second-order valence-corrected chi connectivity index (χ2v) is 4.14. The molecule has 13 heavy (non-hydrogen) atoms. The van der Waals surface area contributed by atoms with Crippen molar-refractivity contribution in [2.75, 3.05) is 0 Å². The topological polar surface area (TPSA) is 40.5 Å². The van der Waals surface area contributed by atoms with E-state index in [1.807, 2.05) is 0 Å². The van der Waals surface area contributed by atoms with Crippen molar-refractivity contribution in [3.63, 3.8) is 0 Å². The molecule has 1 aromatic rings. The molecule has 1 aromatic carbocycles. The molecule has 0 aromatic heterocycles. The first-order valence-corrected chi connectivity index (χ1v) is 4.74. The average Bonchev–Trinajstić information content (AvgIpc) is 2.78. The minimum atomic E-state index is -1.14. The van der Waals surface area contributed by atoms with Gasteiger partial charge in [0.1, 0.15) is 11.6 Å². The van der Waals surface area contributed by atoms with Crippen molar-refractivity contribution in [3.05, 3.63) is 28.0 Å². The molecule has 4 heteroatoms. The smallest absolute Gasteiger partial charge is 0.147 e. The van der Waals surface area contributed by atoms with Crippen molar-refractivity contribution in [1.29, 1.82) is 0 Å². The van der Waals surface area contributed by atoms with Crippen molar-refractivity contribution < 1.29 is 14.6 Å². The van der Waals surface area contributed by atoms with Crippen molar-refractivity contribution in [3.8, 4) is 5.75 Å². The quantitative estimate of drug-likeness (QED) is 0.799. The van der Waals surface area contributed by atoms with E-state index >= 15 is 0 Å². The minimum Gasteiger partial charge on any atom is -0.507 e. The van der Waals surface area contributed by atoms with Gasteiger partial charge in [-0.2, -0.15) is 0 Å². The molecule has 1 saturated carbocycles. The summed E-state index contributed by atoms with van der Waals surface area (Å²) < 4.78 is 13.7. The number of phenolic OH excluding ortho intramolecular Hbond substituents is 1. The van der Waals surface area contributed by atoms with Crippen LogP contribution in [0.5, 0.6) is 5.75 Å². The summed E-state index contributed by atoms with van der Waals surface area (Å²) >= 11 is 3.00. The Morgan fingerprint density at radius 3 is 2.54 bits per heavy atom. The first-order chi connectivity index (χ1) is 6.04. The Labute approximate surface area is 83.1 Å². The molecule has 0 saturated heterocycles. The van der Waals surface area contributed by atoms with E-state index in [2.05, 4.69) is 15.9 Å². The van der Waals surface area contributed by atoms with Crippen LogP contribution in [0.25, 0.3) is 0 Å². The predicted molar refractivity (Wildman–Crippen MR) is 48.9 cm³/mol. The summed E-state index contributed by atoms with van der Waals surface area (Å²) in [5.41, 5.74) is -1.13. The van der Waals surface area contributed by atoms with Gasteiger partial charge in [-0.1, -0.05) is 0 Å². The number of hydrogen-bond donors (Lipinski definition) is 2. The fourth-order valence-corrected chi connectivity index (χ4v) is 1.68. The van der Waals surface area contributed by atoms with Gasteiger partial charge in [0.05, 0.1) is 15.6 Å². The maximum atomic E-state index is 13.4. The van der Waals surface area contributed by atoms with E-state index in [0.29, 0.717) is 12.8 Å². The third-order valence-electron chi connectivity index (χ3n) is 2.26. The molecular formula is C9H8BrFO2. The Morgan fingerprint density at radius 1 is 1.38 bits per heavy atom. The molecule has 2 rings (SSSR count). The highest BCUT2D eigenvalue weighted by atomic mass is 79.9. The summed E-state index contributed by atoms with van der Waals surface area (Å²) in [6.45, 7) is 0. The van der Waals surface area contributed by atoms with Gasteiger partial charge in [0.15, 0.2) is 0 Å². The highest BCUT2D eigenvalue weighted by Gasteiger charge is 2.46. The van der Waals surface area contributed by atoms with E-state index in [1.165, 1.54) is 12.1 Å². The van der Waals surface area contributed by atoms with Crippen LogP contribution in [0.3, 0.4) is 0 Å². The molecule has 0 unspecified atom stereocenters. The number of hydrogen-bond acceptors (Lipinski definition) is 2. The van der Waals surface area contributed by atoms with Crippen LogP contribution in [0.1, 0.15) is 18.4 Å². The maximum Gasteiger partial charge on any atom is 0.147 e. The highest BCUT2D eigenvalue weighted by molar-refractivity contribution is 9.10. The maximum absolute atomic E-state index is 13.4. The highest BCUT2D eigenvalue weighted by Crippen LogP contribution is 2.50. The minimum absolute atomic E-state index is 0.0156. The zero-order valence-corrected chi connectivity index (χ0v) is 8.31. The number of phenols is 1. The zero-order chi connectivity index (χ0) is 9.64. The summed E-state index contributed by atoms with van der Waals surface area (Å²) in [6.07, 6.45) is 1.02. The second-order valence-electron chi connectivity index (χ2n) is 3.29. The molecular weight excluding hydrogens is 239 g/mol. The number of aliphatic hydroxyl groups is 1. The molecule has 0 spiro atoms. The second kappa shape index (κ2) is 2.69. The lowest BCUT2D eigenvalue weighted by Crippen LogP contribution is -2.08. The zero-order valence-electron chi connectivity index (χ0n) is 6.72. The van der Waals surface area contributed by atoms with Crippen LogP contribution >= 0.6 is 15.9 Å². The third kappa shape index (κ3) is 1.34. The monoisotopic (exact) mass is 246 g/mol. The number of halogens is 2. The lowest BCUT2D eigenvalue weighted by molar-refractivity contribution is 0.142. The van der Waals surface area contributed by atoms with Crippen LogP contribution in [0.4, 0.5) is 4.39 Å². The van der Waals surface area contributed by atoms with E-state index in [1.54, 1.807) is 0 Å². The normalized spacial score (nSPS) is 18.7. The standard InChI is InChI=1S/C9H8BrFO2/c10-5-1-2-6(12)7(8(5)11)9(13)3-4-9/h1-2,12-13H,3-4H2. The van der Waals surface area contributed by atoms with Gasteiger partial charge >= 0.3 is 0 Å². The van der Waals surface area contributed by atoms with E-state index in [-0.39, 0.29) is 15.8 Å². The fraction of sp³-hybridized carbons (Fsp3) is 0.333. The molecule has 0 bridgehead atoms. The predicted octanol–water partition coefficient (Wildman–Crippen LogP) is 2.28. The number of rotatable bonds is 1. The van der Waals surface area contributed by atoms with Gasteiger partial charge in [-0.3, -0.25) is 0 Å². The molecule has 0 radical (unpaired) electrons. The third-order valence-corrected chi connectivity index (χ3v) is 2.87. The summed E-state index contributed by atoms with van der Waals surface area (Å²) in [4.78, 5) is 0. The van der Waals surface area contributed by atoms with Crippen LogP contribution < -0.4 is 0 Å². The van der Waals surface area contributed by atoms with E-state index < -0.39 is 11.4 Å². The van der Waals surface area contributed by atoms with Crippen molar-refractivity contribution >= 4 is 15.9 Å². The Morgan fingerprint density at radius 2 is 2.00 bits per heavy atom. The van der Waals surface area contributed by atoms with Gasteiger partial charge in [0.2, 0.25) is 0 Å².